The summed E-state index contributed by atoms with van der Waals surface area (Å²) in [7, 11) is 2.06. The normalized spacial score (nSPS) is 19.9. The highest BCUT2D eigenvalue weighted by Crippen LogP contribution is 2.25. The number of carbonyl (C=O) groups excluding carboxylic acids is 3. The molecule has 0 saturated carbocycles. The van der Waals surface area contributed by atoms with E-state index in [2.05, 4.69) is 32.5 Å². The van der Waals surface area contributed by atoms with Crippen molar-refractivity contribution in [2.24, 2.45) is 0 Å². The van der Waals surface area contributed by atoms with Crippen LogP contribution >= 0.6 is 35.3 Å². The predicted molar refractivity (Wildman–Crippen MR) is 142 cm³/mol. The molecule has 192 valence electrons. The van der Waals surface area contributed by atoms with Crippen molar-refractivity contribution < 1.29 is 14.4 Å². The molecule has 4 heterocycles. The van der Waals surface area contributed by atoms with Crippen LogP contribution in [0, 0.1) is 0 Å². The number of rotatable bonds is 4. The lowest BCUT2D eigenvalue weighted by Crippen LogP contribution is -2.61. The first kappa shape index (κ1) is 26.4. The minimum absolute atomic E-state index is 0. The summed E-state index contributed by atoms with van der Waals surface area (Å²) < 4.78 is 0. The maximum absolute atomic E-state index is 13.1. The summed E-state index contributed by atoms with van der Waals surface area (Å²) in [5.41, 5.74) is 2.19. The molecule has 5 rings (SSSR count). The minimum atomic E-state index is -0.445. The molecule has 9 nitrogen and oxygen atoms in total. The molecule has 0 radical (unpaired) electrons. The van der Waals surface area contributed by atoms with E-state index in [4.69, 9.17) is 11.6 Å². The van der Waals surface area contributed by atoms with E-state index in [0.717, 1.165) is 41.0 Å². The summed E-state index contributed by atoms with van der Waals surface area (Å²) in [5.74, 6) is -0.612. The van der Waals surface area contributed by atoms with Crippen molar-refractivity contribution in [2.45, 2.75) is 38.4 Å². The number of halogens is 2. The van der Waals surface area contributed by atoms with Crippen molar-refractivity contribution in [1.29, 1.82) is 0 Å². The van der Waals surface area contributed by atoms with Crippen LogP contribution < -0.4 is 10.6 Å². The van der Waals surface area contributed by atoms with Gasteiger partial charge in [-0.2, -0.15) is 0 Å². The zero-order valence-corrected chi connectivity index (χ0v) is 22.4. The molecule has 36 heavy (non-hydrogen) atoms. The quantitative estimate of drug-likeness (QED) is 0.462. The van der Waals surface area contributed by atoms with Gasteiger partial charge in [0.1, 0.15) is 5.69 Å². The standard InChI is InChI=1S/C24H27ClN6O3S.ClH/c1-13(32)31-8-6-17(27-23(34)24-29-18-5-7-30(2)12-21(18)35-24)20(11-31)28-22(33)19-10-14-9-15(25)3-4-16(14)26-19;/h3-4,9-10,17,20,26H,5-8,11-12H2,1-2H3,(H,27,34)(H,28,33);1H/t17-,20+;/m0./s1. The number of piperidine rings is 1. The third kappa shape index (κ3) is 5.51. The van der Waals surface area contributed by atoms with Gasteiger partial charge in [-0.15, -0.1) is 23.7 Å². The average molecular weight is 552 g/mol. The van der Waals surface area contributed by atoms with Gasteiger partial charge < -0.3 is 25.4 Å². The first-order valence-corrected chi connectivity index (χ1v) is 12.8. The maximum atomic E-state index is 13.1. The van der Waals surface area contributed by atoms with E-state index in [0.29, 0.717) is 35.2 Å². The molecule has 1 fully saturated rings. The number of amides is 3. The van der Waals surface area contributed by atoms with Gasteiger partial charge in [-0.25, -0.2) is 4.98 Å². The van der Waals surface area contributed by atoms with Gasteiger partial charge in [-0.3, -0.25) is 14.4 Å². The molecule has 0 aliphatic carbocycles. The third-order valence-corrected chi connectivity index (χ3v) is 7.95. The van der Waals surface area contributed by atoms with Crippen LogP contribution in [0.4, 0.5) is 0 Å². The number of fused-ring (bicyclic) bond motifs is 2. The lowest BCUT2D eigenvalue weighted by Gasteiger charge is -2.38. The van der Waals surface area contributed by atoms with E-state index >= 15 is 0 Å². The Bertz CT molecular complexity index is 1310. The minimum Gasteiger partial charge on any atom is -0.351 e. The number of hydrogen-bond acceptors (Lipinski definition) is 6. The van der Waals surface area contributed by atoms with Gasteiger partial charge in [0.05, 0.1) is 17.8 Å². The van der Waals surface area contributed by atoms with Crippen molar-refractivity contribution in [3.8, 4) is 0 Å². The fourth-order valence-electron chi connectivity index (χ4n) is 4.68. The Kier molecular flexibility index (Phi) is 7.89. The molecular weight excluding hydrogens is 523 g/mol. The van der Waals surface area contributed by atoms with Gasteiger partial charge in [-0.1, -0.05) is 11.6 Å². The molecule has 2 aliphatic rings. The Hall–Kier alpha value is -2.66. The molecule has 1 saturated heterocycles. The van der Waals surface area contributed by atoms with Crippen LogP contribution in [0.5, 0.6) is 0 Å². The molecule has 12 heteroatoms. The summed E-state index contributed by atoms with van der Waals surface area (Å²) in [6.07, 6.45) is 1.37. The average Bonchev–Trinajstić information content (AvgIpc) is 3.43. The SMILES string of the molecule is CC(=O)N1CC[C@H](NC(=O)c2nc3c(s2)CN(C)CC3)[C@H](NC(=O)c2cc3cc(Cl)ccc3[nH]2)C1.Cl. The molecule has 0 unspecified atom stereocenters. The number of likely N-dealkylation sites (tertiary alicyclic amines) is 1. The monoisotopic (exact) mass is 550 g/mol. The van der Waals surface area contributed by atoms with Crippen molar-refractivity contribution >= 4 is 64.0 Å². The first-order valence-electron chi connectivity index (χ1n) is 11.6. The number of aromatic nitrogens is 2. The Balaban J connectivity index is 0.00000304. The van der Waals surface area contributed by atoms with Gasteiger partial charge in [-0.05, 0) is 37.7 Å². The van der Waals surface area contributed by atoms with Gasteiger partial charge >= 0.3 is 0 Å². The smallest absolute Gasteiger partial charge is 0.280 e. The number of H-pyrrole nitrogens is 1. The summed E-state index contributed by atoms with van der Waals surface area (Å²) in [6.45, 7) is 4.06. The van der Waals surface area contributed by atoms with Gasteiger partial charge in [0.2, 0.25) is 5.91 Å². The third-order valence-electron chi connectivity index (χ3n) is 6.63. The van der Waals surface area contributed by atoms with E-state index in [-0.39, 0.29) is 36.2 Å². The number of nitrogens with zero attached hydrogens (tertiary/aromatic N) is 3. The lowest BCUT2D eigenvalue weighted by molar-refractivity contribution is -0.130. The molecular formula is C24H28Cl2N6O3S. The van der Waals surface area contributed by atoms with Crippen LogP contribution in [0.2, 0.25) is 5.02 Å². The number of likely N-dealkylation sites (N-methyl/N-ethyl adjacent to an activating group) is 1. The Morgan fingerprint density at radius 2 is 1.92 bits per heavy atom. The summed E-state index contributed by atoms with van der Waals surface area (Å²) >= 11 is 7.49. The van der Waals surface area contributed by atoms with E-state index in [1.54, 1.807) is 23.1 Å². The maximum Gasteiger partial charge on any atom is 0.280 e. The number of hydrogen-bond donors (Lipinski definition) is 3. The molecule has 0 bridgehead atoms. The summed E-state index contributed by atoms with van der Waals surface area (Å²) in [6, 6.07) is 6.34. The number of aromatic amines is 1. The van der Waals surface area contributed by atoms with Crippen LogP contribution in [0.3, 0.4) is 0 Å². The second-order valence-electron chi connectivity index (χ2n) is 9.20. The molecule has 3 amide bonds. The second-order valence-corrected chi connectivity index (χ2v) is 10.7. The van der Waals surface area contributed by atoms with Gasteiger partial charge in [0.25, 0.3) is 11.8 Å². The highest BCUT2D eigenvalue weighted by atomic mass is 35.5. The molecule has 3 aromatic rings. The van der Waals surface area contributed by atoms with E-state index in [1.165, 1.54) is 18.3 Å². The van der Waals surface area contributed by atoms with Crippen molar-refractivity contribution in [1.82, 2.24) is 30.4 Å². The zero-order valence-electron chi connectivity index (χ0n) is 20.0. The van der Waals surface area contributed by atoms with Crippen LogP contribution in [0.1, 0.15) is 44.2 Å². The fourth-order valence-corrected chi connectivity index (χ4v) is 5.95. The number of thiazole rings is 1. The van der Waals surface area contributed by atoms with Crippen molar-refractivity contribution in [2.75, 3.05) is 26.7 Å². The molecule has 2 aromatic heterocycles. The molecule has 1 aromatic carbocycles. The molecule has 2 aliphatic heterocycles. The summed E-state index contributed by atoms with van der Waals surface area (Å²) in [4.78, 5) is 50.9. The number of nitrogens with one attached hydrogen (secondary N) is 3. The molecule has 3 N–H and O–H groups in total. The van der Waals surface area contributed by atoms with E-state index in [1.807, 2.05) is 6.07 Å². The molecule has 2 atom stereocenters. The van der Waals surface area contributed by atoms with Crippen LogP contribution in [-0.4, -0.2) is 76.3 Å². The molecule has 0 spiro atoms. The van der Waals surface area contributed by atoms with E-state index < -0.39 is 6.04 Å². The van der Waals surface area contributed by atoms with Crippen molar-refractivity contribution in [3.05, 3.63) is 50.6 Å². The van der Waals surface area contributed by atoms with Crippen LogP contribution in [-0.2, 0) is 17.8 Å². The Morgan fingerprint density at radius 3 is 2.69 bits per heavy atom. The predicted octanol–water partition coefficient (Wildman–Crippen LogP) is 2.84. The van der Waals surface area contributed by atoms with Gasteiger partial charge in [0, 0.05) is 60.3 Å². The number of carbonyl (C=O) groups is 3. The zero-order chi connectivity index (χ0) is 24.7. The van der Waals surface area contributed by atoms with Crippen molar-refractivity contribution in [3.63, 3.8) is 0 Å². The fraction of sp³-hybridized carbons (Fsp3) is 0.417. The Labute approximate surface area is 224 Å². The first-order chi connectivity index (χ1) is 16.8. The lowest BCUT2D eigenvalue weighted by atomic mass is 9.98. The van der Waals surface area contributed by atoms with Crippen LogP contribution in [0.25, 0.3) is 10.9 Å². The van der Waals surface area contributed by atoms with E-state index in [9.17, 15) is 14.4 Å². The highest BCUT2D eigenvalue weighted by Gasteiger charge is 2.34. The van der Waals surface area contributed by atoms with Crippen LogP contribution in [0.15, 0.2) is 24.3 Å². The Morgan fingerprint density at radius 1 is 1.14 bits per heavy atom. The van der Waals surface area contributed by atoms with Gasteiger partial charge in [0.15, 0.2) is 5.01 Å². The highest BCUT2D eigenvalue weighted by molar-refractivity contribution is 7.13. The largest absolute Gasteiger partial charge is 0.351 e. The topological polar surface area (TPSA) is 110 Å². The number of benzene rings is 1. The second kappa shape index (κ2) is 10.8. The summed E-state index contributed by atoms with van der Waals surface area (Å²) in [5, 5.41) is 7.96.